The van der Waals surface area contributed by atoms with Crippen molar-refractivity contribution in [1.82, 2.24) is 9.78 Å². The minimum Gasteiger partial charge on any atom is -0.323 e. The molecule has 2 atom stereocenters. The average molecular weight is 365 g/mol. The highest BCUT2D eigenvalue weighted by atomic mass is 19.4. The summed E-state index contributed by atoms with van der Waals surface area (Å²) in [5.74, 6) is -1.09. The quantitative estimate of drug-likeness (QED) is 0.843. The number of aryl methyl sites for hydroxylation is 1. The molecule has 7 heteroatoms. The Morgan fingerprint density at radius 2 is 1.92 bits per heavy atom. The van der Waals surface area contributed by atoms with Crippen LogP contribution in [-0.2, 0) is 11.0 Å². The predicted octanol–water partition coefficient (Wildman–Crippen LogP) is 4.84. The molecule has 26 heavy (non-hydrogen) atoms. The molecule has 0 aliphatic heterocycles. The Morgan fingerprint density at radius 3 is 2.50 bits per heavy atom. The van der Waals surface area contributed by atoms with Gasteiger partial charge in [0.05, 0.1) is 22.6 Å². The van der Waals surface area contributed by atoms with Crippen LogP contribution in [0.1, 0.15) is 54.7 Å². The molecule has 1 saturated carbocycles. The van der Waals surface area contributed by atoms with Crippen LogP contribution in [0.15, 0.2) is 24.3 Å². The van der Waals surface area contributed by atoms with Crippen LogP contribution in [0.25, 0.3) is 0 Å². The first-order valence-corrected chi connectivity index (χ1v) is 8.64. The second-order valence-corrected chi connectivity index (χ2v) is 7.11. The minimum atomic E-state index is -4.41. The number of aromatic nitrogens is 2. The molecule has 0 spiro atoms. The summed E-state index contributed by atoms with van der Waals surface area (Å²) in [7, 11) is 0. The van der Waals surface area contributed by atoms with Crippen LogP contribution < -0.4 is 5.32 Å². The Kier molecular flexibility index (Phi) is 4.58. The number of hydrogen-bond donors (Lipinski definition) is 1. The molecule has 140 valence electrons. The molecule has 3 rings (SSSR count). The van der Waals surface area contributed by atoms with E-state index in [4.69, 9.17) is 0 Å². The number of benzene rings is 1. The Labute approximate surface area is 150 Å². The van der Waals surface area contributed by atoms with Gasteiger partial charge in [0.2, 0.25) is 5.91 Å². The molecular formula is C19H22F3N3O. The van der Waals surface area contributed by atoms with Crippen molar-refractivity contribution in [2.24, 2.45) is 5.92 Å². The molecular weight excluding hydrogens is 343 g/mol. The van der Waals surface area contributed by atoms with Crippen molar-refractivity contribution in [2.45, 2.75) is 52.3 Å². The topological polar surface area (TPSA) is 46.9 Å². The summed E-state index contributed by atoms with van der Waals surface area (Å²) in [6.45, 7) is 7.68. The molecule has 1 aliphatic carbocycles. The van der Waals surface area contributed by atoms with Crippen molar-refractivity contribution in [1.29, 1.82) is 0 Å². The highest BCUT2D eigenvalue weighted by Crippen LogP contribution is 2.51. The van der Waals surface area contributed by atoms with Crippen LogP contribution in [0.4, 0.5) is 18.9 Å². The van der Waals surface area contributed by atoms with Crippen LogP contribution >= 0.6 is 0 Å². The van der Waals surface area contributed by atoms with E-state index in [9.17, 15) is 18.0 Å². The summed E-state index contributed by atoms with van der Waals surface area (Å²) in [6.07, 6.45) is -3.98. The number of nitrogens with one attached hydrogen (secondary N) is 1. The summed E-state index contributed by atoms with van der Waals surface area (Å²) in [4.78, 5) is 12.6. The monoisotopic (exact) mass is 365 g/mol. The third kappa shape index (κ3) is 3.34. The summed E-state index contributed by atoms with van der Waals surface area (Å²) < 4.78 is 41.4. The number of hydrogen-bond acceptors (Lipinski definition) is 2. The van der Waals surface area contributed by atoms with E-state index in [1.165, 1.54) is 12.1 Å². The van der Waals surface area contributed by atoms with Gasteiger partial charge in [0.25, 0.3) is 0 Å². The molecule has 1 amide bonds. The highest BCUT2D eigenvalue weighted by Gasteiger charge is 2.48. The number of carbonyl (C=O) groups is 1. The largest absolute Gasteiger partial charge is 0.416 e. The zero-order valence-corrected chi connectivity index (χ0v) is 15.2. The van der Waals surface area contributed by atoms with Crippen molar-refractivity contribution in [3.05, 3.63) is 46.8 Å². The first kappa shape index (κ1) is 18.5. The molecule has 1 fully saturated rings. The second-order valence-electron chi connectivity index (χ2n) is 7.11. The number of halogens is 3. The van der Waals surface area contributed by atoms with Crippen molar-refractivity contribution >= 4 is 11.6 Å². The number of carbonyl (C=O) groups excluding carboxylic acids is 1. The van der Waals surface area contributed by atoms with Gasteiger partial charge in [0, 0.05) is 12.0 Å². The zero-order valence-electron chi connectivity index (χ0n) is 15.2. The maximum atomic E-state index is 13.2. The maximum absolute atomic E-state index is 13.2. The summed E-state index contributed by atoms with van der Waals surface area (Å²) in [6, 6.07) is 5.65. The molecule has 4 nitrogen and oxygen atoms in total. The third-order valence-electron chi connectivity index (χ3n) is 4.86. The zero-order chi connectivity index (χ0) is 19.2. The van der Waals surface area contributed by atoms with E-state index < -0.39 is 23.6 Å². The van der Waals surface area contributed by atoms with Gasteiger partial charge in [-0.1, -0.05) is 18.2 Å². The van der Waals surface area contributed by atoms with Crippen molar-refractivity contribution < 1.29 is 18.0 Å². The summed E-state index contributed by atoms with van der Waals surface area (Å²) in [5, 5.41) is 7.29. The van der Waals surface area contributed by atoms with E-state index in [-0.39, 0.29) is 17.5 Å². The second kappa shape index (κ2) is 6.45. The Bertz CT molecular complexity index is 839. The SMILES string of the molecule is Cc1nn(C(C)C)c(C)c1NC(=O)[C@@H]1C[C@@H]1c1ccccc1C(F)(F)F. The van der Waals surface area contributed by atoms with E-state index in [2.05, 4.69) is 10.4 Å². The Hall–Kier alpha value is -2.31. The number of anilines is 1. The molecule has 0 bridgehead atoms. The fourth-order valence-electron chi connectivity index (χ4n) is 3.47. The lowest BCUT2D eigenvalue weighted by Crippen LogP contribution is -2.17. The van der Waals surface area contributed by atoms with Gasteiger partial charge in [-0.15, -0.1) is 0 Å². The fourth-order valence-corrected chi connectivity index (χ4v) is 3.47. The van der Waals surface area contributed by atoms with E-state index in [1.54, 1.807) is 6.07 Å². The number of amides is 1. The van der Waals surface area contributed by atoms with E-state index >= 15 is 0 Å². The van der Waals surface area contributed by atoms with Crippen LogP contribution in [0, 0.1) is 19.8 Å². The predicted molar refractivity (Wildman–Crippen MR) is 93.0 cm³/mol. The van der Waals surface area contributed by atoms with Crippen molar-refractivity contribution in [2.75, 3.05) is 5.32 Å². The minimum absolute atomic E-state index is 0.159. The normalized spacial score (nSPS) is 19.7. The van der Waals surface area contributed by atoms with E-state index in [0.717, 1.165) is 11.8 Å². The van der Waals surface area contributed by atoms with Crippen LogP contribution in [-0.4, -0.2) is 15.7 Å². The molecule has 0 radical (unpaired) electrons. The lowest BCUT2D eigenvalue weighted by Gasteiger charge is -2.12. The summed E-state index contributed by atoms with van der Waals surface area (Å²) >= 11 is 0. The smallest absolute Gasteiger partial charge is 0.323 e. The van der Waals surface area contributed by atoms with Crippen LogP contribution in [0.2, 0.25) is 0 Å². The summed E-state index contributed by atoms with van der Waals surface area (Å²) in [5.41, 5.74) is 1.75. The standard InChI is InChI=1S/C19H22F3N3O/c1-10(2)25-12(4)17(11(3)24-25)23-18(26)15-9-14(15)13-7-5-6-8-16(13)19(20,21)22/h5-8,10,14-15H,9H2,1-4H3,(H,23,26)/t14-,15-/m1/s1. The fraction of sp³-hybridized carbons (Fsp3) is 0.474. The highest BCUT2D eigenvalue weighted by molar-refractivity contribution is 5.96. The molecule has 1 heterocycles. The molecule has 1 aliphatic rings. The van der Waals surface area contributed by atoms with Gasteiger partial charge in [-0.3, -0.25) is 9.48 Å². The number of rotatable bonds is 4. The van der Waals surface area contributed by atoms with Gasteiger partial charge in [-0.25, -0.2) is 0 Å². The lowest BCUT2D eigenvalue weighted by atomic mass is 10.0. The van der Waals surface area contributed by atoms with Gasteiger partial charge < -0.3 is 5.32 Å². The van der Waals surface area contributed by atoms with E-state index in [1.807, 2.05) is 32.4 Å². The average Bonchev–Trinajstić information content (AvgIpc) is 3.31. The van der Waals surface area contributed by atoms with Crippen molar-refractivity contribution in [3.8, 4) is 0 Å². The van der Waals surface area contributed by atoms with Gasteiger partial charge in [0.15, 0.2) is 0 Å². The lowest BCUT2D eigenvalue weighted by molar-refractivity contribution is -0.138. The van der Waals surface area contributed by atoms with Crippen LogP contribution in [0.5, 0.6) is 0 Å². The molecule has 2 aromatic rings. The maximum Gasteiger partial charge on any atom is 0.416 e. The van der Waals surface area contributed by atoms with E-state index in [0.29, 0.717) is 17.8 Å². The molecule has 0 unspecified atom stereocenters. The van der Waals surface area contributed by atoms with Gasteiger partial charge in [0.1, 0.15) is 0 Å². The molecule has 1 aromatic heterocycles. The molecule has 0 saturated heterocycles. The first-order valence-electron chi connectivity index (χ1n) is 8.64. The van der Waals surface area contributed by atoms with Gasteiger partial charge in [-0.2, -0.15) is 18.3 Å². The van der Waals surface area contributed by atoms with Gasteiger partial charge in [-0.05, 0) is 51.7 Å². The third-order valence-corrected chi connectivity index (χ3v) is 4.86. The van der Waals surface area contributed by atoms with Crippen molar-refractivity contribution in [3.63, 3.8) is 0 Å². The van der Waals surface area contributed by atoms with Gasteiger partial charge >= 0.3 is 6.18 Å². The number of nitrogens with zero attached hydrogens (tertiary/aromatic N) is 2. The first-order chi connectivity index (χ1) is 12.1. The van der Waals surface area contributed by atoms with Crippen LogP contribution in [0.3, 0.4) is 0 Å². The Balaban J connectivity index is 1.77. The Morgan fingerprint density at radius 1 is 1.27 bits per heavy atom. The number of alkyl halides is 3. The molecule has 1 N–H and O–H groups in total. The molecule has 1 aromatic carbocycles.